The molecule has 4 aliphatic carbocycles. The first-order valence-electron chi connectivity index (χ1n) is 14.9. The van der Waals surface area contributed by atoms with E-state index in [1.165, 1.54) is 5.57 Å². The van der Waals surface area contributed by atoms with Crippen molar-refractivity contribution in [1.82, 2.24) is 10.3 Å². The van der Waals surface area contributed by atoms with Crippen LogP contribution in [0.4, 0.5) is 0 Å². The van der Waals surface area contributed by atoms with Crippen LogP contribution in [0.15, 0.2) is 59.4 Å². The second kappa shape index (κ2) is 10.2. The summed E-state index contributed by atoms with van der Waals surface area (Å²) in [6.07, 6.45) is 14.6. The number of carbonyl (C=O) groups excluding carboxylic acids is 1. The highest BCUT2D eigenvalue weighted by Crippen LogP contribution is 2.66. The van der Waals surface area contributed by atoms with Crippen LogP contribution in [0.25, 0.3) is 10.9 Å². The normalized spacial score (nSPS) is 35.8. The molecule has 6 rings (SSSR count). The van der Waals surface area contributed by atoms with E-state index in [1.807, 2.05) is 37.3 Å². The monoisotopic (exact) mass is 559 g/mol. The van der Waals surface area contributed by atoms with Gasteiger partial charge in [0, 0.05) is 28.9 Å². The number of para-hydroxylation sites is 1. The lowest BCUT2D eigenvalue weighted by Gasteiger charge is -2.58. The Hall–Kier alpha value is -3.39. The lowest BCUT2D eigenvalue weighted by molar-refractivity contribution is -0.142. The Labute approximate surface area is 240 Å². The first-order chi connectivity index (χ1) is 19.5. The lowest BCUT2D eigenvalue weighted by Crippen LogP contribution is -2.53. The smallest absolute Gasteiger partial charge is 0.326 e. The van der Waals surface area contributed by atoms with Crippen molar-refractivity contribution in [3.8, 4) is 0 Å². The summed E-state index contributed by atoms with van der Waals surface area (Å²) < 4.78 is 0. The van der Waals surface area contributed by atoms with E-state index >= 15 is 0 Å². The van der Waals surface area contributed by atoms with Gasteiger partial charge in [0.2, 0.25) is 0 Å². The first kappa shape index (κ1) is 27.8. The molecule has 3 fully saturated rings. The van der Waals surface area contributed by atoms with E-state index < -0.39 is 23.5 Å². The minimum Gasteiger partial charge on any atom is -0.480 e. The summed E-state index contributed by atoms with van der Waals surface area (Å²) in [6, 6.07) is 6.58. The molecule has 0 bridgehead atoms. The van der Waals surface area contributed by atoms with Gasteiger partial charge in [0.1, 0.15) is 11.8 Å². The molecule has 8 heteroatoms. The number of aliphatic hydroxyl groups is 1. The number of carbonyl (C=O) groups is 2. The number of benzene rings is 1. The standard InChI is InChI=1S/C33H41N3O5/c1-31-13-10-22(17-21(31)8-9-24-25(31)11-14-32(2)26(24)12-15-33(32,3)40)36-41-19-29(37)35-28(30(38)39)16-20-18-34-27-7-5-4-6-23(20)27/h4-7,10,13,17-18,24-26,28,34,40H,8-9,11-12,14-16,19H2,1-3H3,(H,35,37)(H,38,39)/b36-22-/t24-,25-,26+,28-,31+,32+,33+/m1/s1. The Bertz CT molecular complexity index is 1450. The molecule has 7 atom stereocenters. The number of oxime groups is 1. The van der Waals surface area contributed by atoms with Gasteiger partial charge in [0.15, 0.2) is 6.61 Å². The van der Waals surface area contributed by atoms with E-state index in [0.717, 1.165) is 55.0 Å². The van der Waals surface area contributed by atoms with Gasteiger partial charge in [-0.15, -0.1) is 0 Å². The fourth-order valence-corrected chi connectivity index (χ4v) is 8.63. The Balaban J connectivity index is 1.07. The van der Waals surface area contributed by atoms with Crippen molar-refractivity contribution in [2.45, 2.75) is 77.4 Å². The van der Waals surface area contributed by atoms with Crippen LogP contribution in [0.2, 0.25) is 0 Å². The number of fused-ring (bicyclic) bond motifs is 6. The molecule has 4 aliphatic rings. The van der Waals surface area contributed by atoms with Gasteiger partial charge < -0.3 is 25.4 Å². The zero-order chi connectivity index (χ0) is 29.0. The molecule has 0 radical (unpaired) electrons. The molecule has 3 saturated carbocycles. The fraction of sp³-hybridized carbons (Fsp3) is 0.545. The quantitative estimate of drug-likeness (QED) is 0.350. The van der Waals surface area contributed by atoms with Gasteiger partial charge in [-0.25, -0.2) is 4.79 Å². The predicted octanol–water partition coefficient (Wildman–Crippen LogP) is 5.14. The number of amides is 1. The van der Waals surface area contributed by atoms with E-state index in [1.54, 1.807) is 6.20 Å². The van der Waals surface area contributed by atoms with Crippen molar-refractivity contribution in [3.05, 3.63) is 59.8 Å². The van der Waals surface area contributed by atoms with Crippen molar-refractivity contribution in [1.29, 1.82) is 0 Å². The zero-order valence-corrected chi connectivity index (χ0v) is 24.2. The van der Waals surface area contributed by atoms with Crippen LogP contribution in [0.5, 0.6) is 0 Å². The molecular formula is C33H41N3O5. The minimum absolute atomic E-state index is 0.000224. The maximum atomic E-state index is 12.6. The van der Waals surface area contributed by atoms with Crippen molar-refractivity contribution in [2.75, 3.05) is 6.61 Å². The van der Waals surface area contributed by atoms with Crippen LogP contribution < -0.4 is 5.32 Å². The number of rotatable bonds is 7. The Morgan fingerprint density at radius 3 is 2.73 bits per heavy atom. The third-order valence-corrected chi connectivity index (χ3v) is 11.2. The molecule has 4 N–H and O–H groups in total. The lowest BCUT2D eigenvalue weighted by atomic mass is 9.47. The number of nitrogens with one attached hydrogen (secondary N) is 2. The number of allylic oxidation sites excluding steroid dienone is 4. The van der Waals surface area contributed by atoms with Gasteiger partial charge >= 0.3 is 5.97 Å². The summed E-state index contributed by atoms with van der Waals surface area (Å²) in [6.45, 7) is 6.33. The Morgan fingerprint density at radius 1 is 1.15 bits per heavy atom. The van der Waals surface area contributed by atoms with Crippen molar-refractivity contribution in [3.63, 3.8) is 0 Å². The summed E-state index contributed by atoms with van der Waals surface area (Å²) in [5.41, 5.74) is 3.16. The second-order valence-corrected chi connectivity index (χ2v) is 13.3. The number of aromatic nitrogens is 1. The number of nitrogens with zero attached hydrogens (tertiary/aromatic N) is 1. The largest absolute Gasteiger partial charge is 0.480 e. The van der Waals surface area contributed by atoms with Gasteiger partial charge in [-0.1, -0.05) is 48.9 Å². The van der Waals surface area contributed by atoms with Gasteiger partial charge in [-0.05, 0) is 92.4 Å². The summed E-state index contributed by atoms with van der Waals surface area (Å²) in [4.78, 5) is 33.0. The maximum Gasteiger partial charge on any atom is 0.326 e. The van der Waals surface area contributed by atoms with Crippen molar-refractivity contribution < 1.29 is 24.6 Å². The topological polar surface area (TPSA) is 124 Å². The molecule has 1 heterocycles. The average molecular weight is 560 g/mol. The SMILES string of the molecule is C[C@]12C=C/C(=N/OCC(=O)N[C@H](Cc3c[nH]c4ccccc34)C(=O)O)C=C1CC[C@@H]1[C@H]2CC[C@@]2(C)[C@H]1CC[C@]2(C)O. The van der Waals surface area contributed by atoms with Gasteiger partial charge in [0.25, 0.3) is 5.91 Å². The highest BCUT2D eigenvalue weighted by atomic mass is 16.6. The van der Waals surface area contributed by atoms with E-state index in [0.29, 0.717) is 23.5 Å². The number of carboxylic acid groups (broad SMARTS) is 1. The van der Waals surface area contributed by atoms with Crippen molar-refractivity contribution in [2.24, 2.45) is 33.7 Å². The average Bonchev–Trinajstić information content (AvgIpc) is 3.45. The number of aliphatic carboxylic acids is 1. The molecule has 0 saturated heterocycles. The summed E-state index contributed by atoms with van der Waals surface area (Å²) in [5, 5.41) is 28.6. The van der Waals surface area contributed by atoms with Crippen LogP contribution in [-0.4, -0.2) is 51.0 Å². The van der Waals surface area contributed by atoms with Gasteiger partial charge in [-0.2, -0.15) is 0 Å². The number of aromatic amines is 1. The first-order valence-corrected chi connectivity index (χ1v) is 14.9. The number of hydrogen-bond donors (Lipinski definition) is 4. The van der Waals surface area contributed by atoms with Crippen LogP contribution in [0.3, 0.4) is 0 Å². The molecule has 1 aromatic carbocycles. The van der Waals surface area contributed by atoms with Crippen LogP contribution >= 0.6 is 0 Å². The van der Waals surface area contributed by atoms with E-state index in [-0.39, 0.29) is 23.9 Å². The number of hydrogen-bond acceptors (Lipinski definition) is 5. The van der Waals surface area contributed by atoms with E-state index in [9.17, 15) is 19.8 Å². The van der Waals surface area contributed by atoms with E-state index in [2.05, 4.69) is 41.5 Å². The number of carboxylic acids is 1. The highest BCUT2D eigenvalue weighted by molar-refractivity contribution is 6.05. The van der Waals surface area contributed by atoms with Crippen LogP contribution in [0.1, 0.15) is 64.9 Å². The molecule has 1 amide bonds. The second-order valence-electron chi connectivity index (χ2n) is 13.3. The molecule has 0 unspecified atom stereocenters. The Morgan fingerprint density at radius 2 is 1.93 bits per heavy atom. The zero-order valence-electron chi connectivity index (χ0n) is 24.2. The molecular weight excluding hydrogens is 518 g/mol. The summed E-state index contributed by atoms with van der Waals surface area (Å²) in [5.74, 6) is 0.0834. The predicted molar refractivity (Wildman–Crippen MR) is 157 cm³/mol. The fourth-order valence-electron chi connectivity index (χ4n) is 8.63. The molecule has 41 heavy (non-hydrogen) atoms. The maximum absolute atomic E-state index is 12.6. The summed E-state index contributed by atoms with van der Waals surface area (Å²) in [7, 11) is 0. The number of H-pyrrole nitrogens is 1. The van der Waals surface area contributed by atoms with Crippen molar-refractivity contribution >= 4 is 28.5 Å². The highest BCUT2D eigenvalue weighted by Gasteiger charge is 2.62. The van der Waals surface area contributed by atoms with Gasteiger partial charge in [0.05, 0.1) is 5.60 Å². The summed E-state index contributed by atoms with van der Waals surface area (Å²) >= 11 is 0. The van der Waals surface area contributed by atoms with E-state index in [4.69, 9.17) is 4.84 Å². The van der Waals surface area contributed by atoms with Gasteiger partial charge in [-0.3, -0.25) is 4.79 Å². The molecule has 218 valence electrons. The molecule has 2 aromatic rings. The third kappa shape index (κ3) is 4.70. The molecule has 0 spiro atoms. The van der Waals surface area contributed by atoms with Crippen LogP contribution in [-0.2, 0) is 20.8 Å². The molecule has 1 aromatic heterocycles. The van der Waals surface area contributed by atoms with Crippen LogP contribution in [0, 0.1) is 28.6 Å². The molecule has 8 nitrogen and oxygen atoms in total. The Kier molecular flexibility index (Phi) is 6.88. The minimum atomic E-state index is -1.10. The molecule has 0 aliphatic heterocycles. The third-order valence-electron chi connectivity index (χ3n) is 11.2.